The molecule has 3 N–H and O–H groups in total. The normalized spacial score (nSPS) is 18.2. The number of hydrogen-bond donors (Lipinski definition) is 2. The third-order valence-corrected chi connectivity index (χ3v) is 3.91. The predicted molar refractivity (Wildman–Crippen MR) is 76.7 cm³/mol. The summed E-state index contributed by atoms with van der Waals surface area (Å²) in [6, 6.07) is 4.85. The monoisotopic (exact) mass is 296 g/mol. The summed E-state index contributed by atoms with van der Waals surface area (Å²) in [5.41, 5.74) is 6.58. The number of halogens is 1. The highest BCUT2D eigenvalue weighted by atomic mass is 35.5. The highest BCUT2D eigenvalue weighted by Gasteiger charge is 2.27. The number of nitrogen functional groups attached to an aromatic ring is 1. The third kappa shape index (κ3) is 3.42. The van der Waals surface area contributed by atoms with E-state index in [-0.39, 0.29) is 18.2 Å². The number of carbonyl (C=O) groups excluding carboxylic acids is 1. The maximum atomic E-state index is 12.3. The van der Waals surface area contributed by atoms with Gasteiger partial charge in [-0.3, -0.25) is 9.59 Å². The molecule has 1 aromatic carbocycles. The molecule has 1 heterocycles. The molecular formula is C14H17ClN2O3. The van der Waals surface area contributed by atoms with E-state index in [2.05, 4.69) is 0 Å². The van der Waals surface area contributed by atoms with Crippen molar-refractivity contribution in [3.8, 4) is 0 Å². The number of likely N-dealkylation sites (tertiary alicyclic amines) is 1. The van der Waals surface area contributed by atoms with Gasteiger partial charge in [0, 0.05) is 25.1 Å². The molecule has 1 unspecified atom stereocenters. The van der Waals surface area contributed by atoms with Gasteiger partial charge in [-0.15, -0.1) is 0 Å². The van der Waals surface area contributed by atoms with Gasteiger partial charge in [-0.25, -0.2) is 0 Å². The zero-order valence-electron chi connectivity index (χ0n) is 11.0. The molecule has 1 aliphatic heterocycles. The third-order valence-electron chi connectivity index (χ3n) is 3.59. The van der Waals surface area contributed by atoms with Crippen LogP contribution in [-0.2, 0) is 4.79 Å². The van der Waals surface area contributed by atoms with E-state index in [1.54, 1.807) is 23.1 Å². The fourth-order valence-electron chi connectivity index (χ4n) is 2.42. The Kier molecular flexibility index (Phi) is 4.49. The van der Waals surface area contributed by atoms with Gasteiger partial charge in [-0.05, 0) is 37.0 Å². The van der Waals surface area contributed by atoms with Crippen LogP contribution in [0.2, 0.25) is 5.02 Å². The maximum absolute atomic E-state index is 12.3. The summed E-state index contributed by atoms with van der Waals surface area (Å²) >= 11 is 5.92. The van der Waals surface area contributed by atoms with Gasteiger partial charge in [0.1, 0.15) is 0 Å². The van der Waals surface area contributed by atoms with Crippen molar-refractivity contribution >= 4 is 29.2 Å². The lowest BCUT2D eigenvalue weighted by Crippen LogP contribution is -2.28. The first-order valence-electron chi connectivity index (χ1n) is 6.53. The van der Waals surface area contributed by atoms with Crippen molar-refractivity contribution in [3.05, 3.63) is 28.8 Å². The topological polar surface area (TPSA) is 83.6 Å². The van der Waals surface area contributed by atoms with Crippen molar-refractivity contribution in [2.75, 3.05) is 18.8 Å². The molecule has 5 nitrogen and oxygen atoms in total. The van der Waals surface area contributed by atoms with Crippen LogP contribution in [0.4, 0.5) is 5.69 Å². The highest BCUT2D eigenvalue weighted by Crippen LogP contribution is 2.25. The Bertz CT molecular complexity index is 533. The molecule has 0 radical (unpaired) electrons. The Morgan fingerprint density at radius 1 is 1.45 bits per heavy atom. The number of rotatable bonds is 4. The quantitative estimate of drug-likeness (QED) is 0.835. The highest BCUT2D eigenvalue weighted by molar-refractivity contribution is 6.33. The Morgan fingerprint density at radius 3 is 2.85 bits per heavy atom. The van der Waals surface area contributed by atoms with Gasteiger partial charge in [0.15, 0.2) is 0 Å². The number of carboxylic acid groups (broad SMARTS) is 1. The zero-order valence-corrected chi connectivity index (χ0v) is 11.8. The van der Waals surface area contributed by atoms with Crippen LogP contribution < -0.4 is 5.73 Å². The minimum atomic E-state index is -0.792. The fourth-order valence-corrected chi connectivity index (χ4v) is 2.60. The molecule has 6 heteroatoms. The SMILES string of the molecule is Nc1ccc(C(=O)N2CCC(CCC(=O)O)C2)cc1Cl. The number of aliphatic carboxylic acids is 1. The first-order chi connectivity index (χ1) is 9.47. The Balaban J connectivity index is 1.97. The van der Waals surface area contributed by atoms with Gasteiger partial charge < -0.3 is 15.7 Å². The second kappa shape index (κ2) is 6.13. The van der Waals surface area contributed by atoms with Gasteiger partial charge in [-0.2, -0.15) is 0 Å². The van der Waals surface area contributed by atoms with E-state index in [1.807, 2.05) is 0 Å². The lowest BCUT2D eigenvalue weighted by atomic mass is 10.0. The molecule has 0 saturated carbocycles. The molecular weight excluding hydrogens is 280 g/mol. The van der Waals surface area contributed by atoms with Crippen molar-refractivity contribution < 1.29 is 14.7 Å². The van der Waals surface area contributed by atoms with Crippen LogP contribution >= 0.6 is 11.6 Å². The standard InChI is InChI=1S/C14H17ClN2O3/c15-11-7-10(2-3-12(11)16)14(20)17-6-5-9(8-17)1-4-13(18)19/h2-3,7,9H,1,4-6,8,16H2,(H,18,19). The summed E-state index contributed by atoms with van der Waals surface area (Å²) < 4.78 is 0. The van der Waals surface area contributed by atoms with Crippen LogP contribution in [0.25, 0.3) is 0 Å². The Labute approximate surface area is 122 Å². The summed E-state index contributed by atoms with van der Waals surface area (Å²) in [6.07, 6.45) is 1.61. The molecule has 1 aliphatic rings. The van der Waals surface area contributed by atoms with Crippen molar-refractivity contribution in [3.63, 3.8) is 0 Å². The number of nitrogens with zero attached hydrogens (tertiary/aromatic N) is 1. The van der Waals surface area contributed by atoms with Crippen molar-refractivity contribution in [2.45, 2.75) is 19.3 Å². The van der Waals surface area contributed by atoms with E-state index < -0.39 is 5.97 Å². The summed E-state index contributed by atoms with van der Waals surface area (Å²) in [5.74, 6) is -0.607. The molecule has 1 fully saturated rings. The first kappa shape index (κ1) is 14.7. The van der Waals surface area contributed by atoms with E-state index in [0.29, 0.717) is 35.8 Å². The summed E-state index contributed by atoms with van der Waals surface area (Å²) in [4.78, 5) is 24.6. The molecule has 1 aromatic rings. The van der Waals surface area contributed by atoms with Crippen LogP contribution in [0.3, 0.4) is 0 Å². The predicted octanol–water partition coefficient (Wildman–Crippen LogP) is 2.25. The molecule has 1 atom stereocenters. The van der Waals surface area contributed by atoms with Crippen LogP contribution in [0.5, 0.6) is 0 Å². The fraction of sp³-hybridized carbons (Fsp3) is 0.429. The van der Waals surface area contributed by atoms with Crippen molar-refractivity contribution in [1.29, 1.82) is 0 Å². The lowest BCUT2D eigenvalue weighted by molar-refractivity contribution is -0.137. The summed E-state index contributed by atoms with van der Waals surface area (Å²) in [5, 5.41) is 9.05. The molecule has 1 amide bonds. The van der Waals surface area contributed by atoms with Crippen molar-refractivity contribution in [1.82, 2.24) is 4.90 Å². The lowest BCUT2D eigenvalue weighted by Gasteiger charge is -2.17. The smallest absolute Gasteiger partial charge is 0.303 e. The van der Waals surface area contributed by atoms with E-state index in [4.69, 9.17) is 22.4 Å². The second-order valence-corrected chi connectivity index (χ2v) is 5.48. The van der Waals surface area contributed by atoms with Gasteiger partial charge in [0.2, 0.25) is 0 Å². The number of carboxylic acids is 1. The minimum Gasteiger partial charge on any atom is -0.481 e. The number of hydrogen-bond acceptors (Lipinski definition) is 3. The van der Waals surface area contributed by atoms with E-state index >= 15 is 0 Å². The summed E-state index contributed by atoms with van der Waals surface area (Å²) in [7, 11) is 0. The molecule has 2 rings (SSSR count). The molecule has 1 saturated heterocycles. The van der Waals surface area contributed by atoms with Crippen LogP contribution in [0.15, 0.2) is 18.2 Å². The first-order valence-corrected chi connectivity index (χ1v) is 6.91. The summed E-state index contributed by atoms with van der Waals surface area (Å²) in [6.45, 7) is 1.26. The number of benzene rings is 1. The second-order valence-electron chi connectivity index (χ2n) is 5.07. The molecule has 0 aliphatic carbocycles. The number of carbonyl (C=O) groups is 2. The van der Waals surface area contributed by atoms with Crippen LogP contribution in [-0.4, -0.2) is 35.0 Å². The van der Waals surface area contributed by atoms with Crippen LogP contribution in [0, 0.1) is 5.92 Å². The van der Waals surface area contributed by atoms with Crippen LogP contribution in [0.1, 0.15) is 29.6 Å². The van der Waals surface area contributed by atoms with Crippen molar-refractivity contribution in [2.24, 2.45) is 5.92 Å². The molecule has 0 aromatic heterocycles. The number of amides is 1. The average Bonchev–Trinajstić information content (AvgIpc) is 2.87. The van der Waals surface area contributed by atoms with E-state index in [9.17, 15) is 9.59 Å². The number of anilines is 1. The zero-order chi connectivity index (χ0) is 14.7. The largest absolute Gasteiger partial charge is 0.481 e. The van der Waals surface area contributed by atoms with Gasteiger partial charge in [0.25, 0.3) is 5.91 Å². The molecule has 20 heavy (non-hydrogen) atoms. The Hall–Kier alpha value is -1.75. The maximum Gasteiger partial charge on any atom is 0.303 e. The van der Waals surface area contributed by atoms with E-state index in [0.717, 1.165) is 6.42 Å². The Morgan fingerprint density at radius 2 is 2.20 bits per heavy atom. The van der Waals surface area contributed by atoms with Gasteiger partial charge >= 0.3 is 5.97 Å². The molecule has 0 spiro atoms. The minimum absolute atomic E-state index is 0.0790. The molecule has 0 bridgehead atoms. The molecule has 108 valence electrons. The van der Waals surface area contributed by atoms with E-state index in [1.165, 1.54) is 0 Å². The van der Waals surface area contributed by atoms with Gasteiger partial charge in [-0.1, -0.05) is 11.6 Å². The van der Waals surface area contributed by atoms with Gasteiger partial charge in [0.05, 0.1) is 10.7 Å². The number of nitrogens with two attached hydrogens (primary N) is 1. The average molecular weight is 297 g/mol.